The molecule has 54 valence electrons. The highest BCUT2D eigenvalue weighted by Crippen LogP contribution is 2.30. The Morgan fingerprint density at radius 2 is 2.40 bits per heavy atom. The van der Waals surface area contributed by atoms with Crippen molar-refractivity contribution in [2.24, 2.45) is 0 Å². The second kappa shape index (κ2) is 2.36. The van der Waals surface area contributed by atoms with E-state index in [4.69, 9.17) is 5.11 Å². The number of fused-ring (bicyclic) bond motifs is 1. The van der Waals surface area contributed by atoms with Crippen LogP contribution >= 0.6 is 11.3 Å². The summed E-state index contributed by atoms with van der Waals surface area (Å²) in [5, 5.41) is 11.0. The van der Waals surface area contributed by atoms with Crippen LogP contribution in [0, 0.1) is 0 Å². The first kappa shape index (κ1) is 6.38. The van der Waals surface area contributed by atoms with E-state index in [1.165, 1.54) is 29.7 Å². The van der Waals surface area contributed by atoms with Crippen LogP contribution < -0.4 is 0 Å². The predicted molar refractivity (Wildman–Crippen MR) is 42.3 cm³/mol. The van der Waals surface area contributed by atoms with Crippen LogP contribution in [0.1, 0.15) is 22.4 Å². The van der Waals surface area contributed by atoms with Crippen molar-refractivity contribution in [1.29, 1.82) is 0 Å². The van der Waals surface area contributed by atoms with E-state index in [0.717, 1.165) is 5.56 Å². The zero-order valence-corrected chi connectivity index (χ0v) is 6.58. The van der Waals surface area contributed by atoms with Crippen molar-refractivity contribution in [3.8, 4) is 0 Å². The van der Waals surface area contributed by atoms with Gasteiger partial charge in [0, 0.05) is 4.88 Å². The summed E-state index contributed by atoms with van der Waals surface area (Å²) in [5.41, 5.74) is 2.60. The Kier molecular flexibility index (Phi) is 1.51. The lowest BCUT2D eigenvalue weighted by Crippen LogP contribution is -1.84. The molecule has 2 rings (SSSR count). The van der Waals surface area contributed by atoms with Crippen LogP contribution in [0.25, 0.3) is 0 Å². The lowest BCUT2D eigenvalue weighted by Gasteiger charge is -1.92. The molecule has 0 fully saturated rings. The standard InChI is InChI=1S/C8H10OS/c9-4-6-5-10-8-3-1-2-7(6)8/h5,9H,1-4H2. The predicted octanol–water partition coefficient (Wildman–Crippen LogP) is 1.73. The van der Waals surface area contributed by atoms with Crippen LogP contribution in [0.2, 0.25) is 0 Å². The Morgan fingerprint density at radius 1 is 1.50 bits per heavy atom. The first-order valence-electron chi connectivity index (χ1n) is 3.61. The average Bonchev–Trinajstić information content (AvgIpc) is 2.44. The SMILES string of the molecule is OCc1csc2c1CCC2. The van der Waals surface area contributed by atoms with Gasteiger partial charge in [0.1, 0.15) is 0 Å². The summed E-state index contributed by atoms with van der Waals surface area (Å²) in [4.78, 5) is 1.50. The fourth-order valence-corrected chi connectivity index (χ4v) is 2.67. The molecule has 0 amide bonds. The van der Waals surface area contributed by atoms with E-state index in [0.29, 0.717) is 0 Å². The molecule has 1 aliphatic rings. The molecule has 10 heavy (non-hydrogen) atoms. The van der Waals surface area contributed by atoms with Crippen LogP contribution in [-0.2, 0) is 19.4 Å². The van der Waals surface area contributed by atoms with Gasteiger partial charge < -0.3 is 5.11 Å². The van der Waals surface area contributed by atoms with Crippen molar-refractivity contribution in [1.82, 2.24) is 0 Å². The van der Waals surface area contributed by atoms with Crippen LogP contribution in [-0.4, -0.2) is 5.11 Å². The highest BCUT2D eigenvalue weighted by Gasteiger charge is 2.15. The highest BCUT2D eigenvalue weighted by atomic mass is 32.1. The lowest BCUT2D eigenvalue weighted by atomic mass is 10.2. The van der Waals surface area contributed by atoms with E-state index in [1.807, 2.05) is 0 Å². The fourth-order valence-electron chi connectivity index (χ4n) is 1.53. The number of rotatable bonds is 1. The topological polar surface area (TPSA) is 20.2 Å². The molecule has 1 aliphatic carbocycles. The van der Waals surface area contributed by atoms with Crippen molar-refractivity contribution in [2.45, 2.75) is 25.9 Å². The number of thiophene rings is 1. The number of aliphatic hydroxyl groups excluding tert-OH is 1. The maximum absolute atomic E-state index is 8.90. The van der Waals surface area contributed by atoms with Gasteiger partial charge in [-0.15, -0.1) is 11.3 Å². The summed E-state index contributed by atoms with van der Waals surface area (Å²) in [6.45, 7) is 0.228. The molecule has 1 nitrogen and oxygen atoms in total. The van der Waals surface area contributed by atoms with E-state index in [1.54, 1.807) is 11.3 Å². The minimum atomic E-state index is 0.228. The normalized spacial score (nSPS) is 15.7. The summed E-state index contributed by atoms with van der Waals surface area (Å²) >= 11 is 1.80. The van der Waals surface area contributed by atoms with Gasteiger partial charge in [-0.3, -0.25) is 0 Å². The molecule has 0 radical (unpaired) electrons. The maximum Gasteiger partial charge on any atom is 0.0692 e. The molecule has 2 heteroatoms. The Morgan fingerprint density at radius 3 is 3.20 bits per heavy atom. The summed E-state index contributed by atoms with van der Waals surface area (Å²) in [6.07, 6.45) is 3.71. The Hall–Kier alpha value is -0.340. The van der Waals surface area contributed by atoms with E-state index in [9.17, 15) is 0 Å². The Balaban J connectivity index is 2.44. The summed E-state index contributed by atoms with van der Waals surface area (Å²) < 4.78 is 0. The lowest BCUT2D eigenvalue weighted by molar-refractivity contribution is 0.281. The molecule has 0 aromatic carbocycles. The molecule has 1 N–H and O–H groups in total. The van der Waals surface area contributed by atoms with Gasteiger partial charge in [-0.2, -0.15) is 0 Å². The quantitative estimate of drug-likeness (QED) is 0.653. The molecule has 0 unspecified atom stereocenters. The smallest absolute Gasteiger partial charge is 0.0692 e. The second-order valence-electron chi connectivity index (χ2n) is 2.67. The van der Waals surface area contributed by atoms with E-state index < -0.39 is 0 Å². The van der Waals surface area contributed by atoms with Crippen molar-refractivity contribution >= 4 is 11.3 Å². The second-order valence-corrected chi connectivity index (χ2v) is 3.64. The van der Waals surface area contributed by atoms with Crippen molar-refractivity contribution < 1.29 is 5.11 Å². The van der Waals surface area contributed by atoms with Gasteiger partial charge in [0.05, 0.1) is 6.61 Å². The Labute approximate surface area is 64.3 Å². The van der Waals surface area contributed by atoms with Gasteiger partial charge in [0.15, 0.2) is 0 Å². The van der Waals surface area contributed by atoms with Crippen molar-refractivity contribution in [3.63, 3.8) is 0 Å². The van der Waals surface area contributed by atoms with Crippen LogP contribution in [0.3, 0.4) is 0 Å². The minimum absolute atomic E-state index is 0.228. The number of hydrogen-bond donors (Lipinski definition) is 1. The zero-order chi connectivity index (χ0) is 6.97. The van der Waals surface area contributed by atoms with Crippen LogP contribution in [0.5, 0.6) is 0 Å². The van der Waals surface area contributed by atoms with Gasteiger partial charge in [0.25, 0.3) is 0 Å². The van der Waals surface area contributed by atoms with Crippen molar-refractivity contribution in [2.75, 3.05) is 0 Å². The highest BCUT2D eigenvalue weighted by molar-refractivity contribution is 7.10. The van der Waals surface area contributed by atoms with Gasteiger partial charge >= 0.3 is 0 Å². The van der Waals surface area contributed by atoms with Gasteiger partial charge in [-0.25, -0.2) is 0 Å². The molecule has 0 bridgehead atoms. The summed E-state index contributed by atoms with van der Waals surface area (Å²) in [6, 6.07) is 0. The average molecular weight is 154 g/mol. The van der Waals surface area contributed by atoms with Crippen LogP contribution in [0.4, 0.5) is 0 Å². The minimum Gasteiger partial charge on any atom is -0.392 e. The molecular formula is C8H10OS. The summed E-state index contributed by atoms with van der Waals surface area (Å²) in [5.74, 6) is 0. The molecule has 0 atom stereocenters. The van der Waals surface area contributed by atoms with Crippen molar-refractivity contribution in [3.05, 3.63) is 21.4 Å². The zero-order valence-electron chi connectivity index (χ0n) is 5.76. The molecule has 0 saturated carbocycles. The molecule has 1 heterocycles. The Bertz CT molecular complexity index is 239. The van der Waals surface area contributed by atoms with E-state index in [2.05, 4.69) is 5.38 Å². The molecule has 0 saturated heterocycles. The molecular weight excluding hydrogens is 144 g/mol. The van der Waals surface area contributed by atoms with E-state index >= 15 is 0 Å². The van der Waals surface area contributed by atoms with Gasteiger partial charge in [-0.05, 0) is 35.8 Å². The maximum atomic E-state index is 8.90. The first-order chi connectivity index (χ1) is 4.92. The van der Waals surface area contributed by atoms with Gasteiger partial charge in [0.2, 0.25) is 0 Å². The number of hydrogen-bond acceptors (Lipinski definition) is 2. The van der Waals surface area contributed by atoms with Crippen LogP contribution in [0.15, 0.2) is 5.38 Å². The summed E-state index contributed by atoms with van der Waals surface area (Å²) in [7, 11) is 0. The van der Waals surface area contributed by atoms with Gasteiger partial charge in [-0.1, -0.05) is 0 Å². The largest absolute Gasteiger partial charge is 0.392 e. The third-order valence-corrected chi connectivity index (χ3v) is 3.21. The molecule has 0 aliphatic heterocycles. The molecule has 1 aromatic rings. The van der Waals surface area contributed by atoms with E-state index in [-0.39, 0.29) is 6.61 Å². The third kappa shape index (κ3) is 0.796. The number of aryl methyl sites for hydroxylation is 1. The molecule has 1 aromatic heterocycles. The number of aliphatic hydroxyl groups is 1. The first-order valence-corrected chi connectivity index (χ1v) is 4.49. The fraction of sp³-hybridized carbons (Fsp3) is 0.500. The molecule has 0 spiro atoms. The third-order valence-electron chi connectivity index (χ3n) is 2.07. The monoisotopic (exact) mass is 154 g/mol.